The zero-order valence-corrected chi connectivity index (χ0v) is 7.32. The third-order valence-electron chi connectivity index (χ3n) is 1.88. The van der Waals surface area contributed by atoms with Gasteiger partial charge in [-0.05, 0) is 0 Å². The first-order valence-corrected chi connectivity index (χ1v) is 4.38. The lowest BCUT2D eigenvalue weighted by Gasteiger charge is -2.22. The number of aromatic nitrogens is 2. The fourth-order valence-corrected chi connectivity index (χ4v) is 1.23. The number of nitrogens with one attached hydrogen (secondary N) is 2. The van der Waals surface area contributed by atoms with Crippen LogP contribution < -0.4 is 5.32 Å². The fourth-order valence-electron chi connectivity index (χ4n) is 1.23. The third-order valence-corrected chi connectivity index (χ3v) is 1.88. The molecule has 0 bridgehead atoms. The molecule has 1 atom stereocenters. The topological polar surface area (TPSA) is 59.2 Å². The summed E-state index contributed by atoms with van der Waals surface area (Å²) in [5, 5.41) is 3.12. The van der Waals surface area contributed by atoms with E-state index >= 15 is 0 Å². The molecule has 0 aromatic carbocycles. The highest BCUT2D eigenvalue weighted by Gasteiger charge is 2.13. The molecule has 1 fully saturated rings. The van der Waals surface area contributed by atoms with Crippen LogP contribution in [0.1, 0.15) is 0 Å². The summed E-state index contributed by atoms with van der Waals surface area (Å²) in [6, 6.07) is 0. The molecule has 2 N–H and O–H groups in total. The van der Waals surface area contributed by atoms with Crippen molar-refractivity contribution in [1.29, 1.82) is 0 Å². The second-order valence-corrected chi connectivity index (χ2v) is 2.89. The SMILES string of the molecule is c1c[nH]c(NCC2COCCO2)n1. The van der Waals surface area contributed by atoms with Gasteiger partial charge in [0.1, 0.15) is 0 Å². The van der Waals surface area contributed by atoms with Gasteiger partial charge in [0.15, 0.2) is 5.95 Å². The molecule has 1 unspecified atom stereocenters. The number of hydrogen-bond donors (Lipinski definition) is 2. The minimum atomic E-state index is 0.138. The second-order valence-electron chi connectivity index (χ2n) is 2.89. The Morgan fingerprint density at radius 2 is 2.62 bits per heavy atom. The molecule has 0 amide bonds. The standard InChI is InChI=1S/C8H13N3O2/c1-2-10-8(9-1)11-5-7-6-12-3-4-13-7/h1-2,7H,3-6H2,(H2,9,10,11). The minimum absolute atomic E-state index is 0.138. The van der Waals surface area contributed by atoms with Gasteiger partial charge in [-0.2, -0.15) is 0 Å². The van der Waals surface area contributed by atoms with Crippen LogP contribution in [0.3, 0.4) is 0 Å². The van der Waals surface area contributed by atoms with Gasteiger partial charge in [-0.15, -0.1) is 0 Å². The number of H-pyrrole nitrogens is 1. The van der Waals surface area contributed by atoms with Crippen LogP contribution >= 0.6 is 0 Å². The smallest absolute Gasteiger partial charge is 0.200 e. The van der Waals surface area contributed by atoms with Crippen LogP contribution in [0.5, 0.6) is 0 Å². The molecule has 0 spiro atoms. The van der Waals surface area contributed by atoms with E-state index in [0.29, 0.717) is 19.8 Å². The van der Waals surface area contributed by atoms with Crippen LogP contribution in [0, 0.1) is 0 Å². The summed E-state index contributed by atoms with van der Waals surface area (Å²) in [4.78, 5) is 7.00. The number of imidazole rings is 1. The van der Waals surface area contributed by atoms with Gasteiger partial charge in [0.05, 0.1) is 25.9 Å². The molecule has 2 heterocycles. The average Bonchev–Trinajstić information content (AvgIpc) is 2.69. The van der Waals surface area contributed by atoms with Crippen molar-refractivity contribution in [3.05, 3.63) is 12.4 Å². The van der Waals surface area contributed by atoms with Crippen LogP contribution in [0.15, 0.2) is 12.4 Å². The summed E-state index contributed by atoms with van der Waals surface area (Å²) < 4.78 is 10.7. The Balaban J connectivity index is 1.72. The van der Waals surface area contributed by atoms with Gasteiger partial charge in [0, 0.05) is 18.9 Å². The summed E-state index contributed by atoms with van der Waals surface area (Å²) in [6.07, 6.45) is 3.63. The molecule has 1 saturated heterocycles. The molecule has 1 aromatic heterocycles. The van der Waals surface area contributed by atoms with Gasteiger partial charge in [-0.1, -0.05) is 0 Å². The van der Waals surface area contributed by atoms with Crippen molar-refractivity contribution in [3.63, 3.8) is 0 Å². The van der Waals surface area contributed by atoms with E-state index in [9.17, 15) is 0 Å². The Morgan fingerprint density at radius 1 is 1.62 bits per heavy atom. The van der Waals surface area contributed by atoms with Gasteiger partial charge >= 0.3 is 0 Å². The number of aromatic amines is 1. The van der Waals surface area contributed by atoms with E-state index in [1.165, 1.54) is 0 Å². The summed E-state index contributed by atoms with van der Waals surface area (Å²) in [6.45, 7) is 2.78. The highest BCUT2D eigenvalue weighted by Crippen LogP contribution is 2.02. The van der Waals surface area contributed by atoms with Gasteiger partial charge in [-0.3, -0.25) is 0 Å². The molecule has 1 aliphatic heterocycles. The van der Waals surface area contributed by atoms with E-state index in [1.54, 1.807) is 12.4 Å². The van der Waals surface area contributed by atoms with E-state index in [4.69, 9.17) is 9.47 Å². The lowest BCUT2D eigenvalue weighted by molar-refractivity contribution is -0.0819. The Morgan fingerprint density at radius 3 is 3.31 bits per heavy atom. The summed E-state index contributed by atoms with van der Waals surface area (Å²) >= 11 is 0. The normalized spacial score (nSPS) is 22.9. The zero-order valence-electron chi connectivity index (χ0n) is 7.32. The molecule has 72 valence electrons. The van der Waals surface area contributed by atoms with Crippen molar-refractivity contribution < 1.29 is 9.47 Å². The van der Waals surface area contributed by atoms with Gasteiger partial charge in [0.2, 0.25) is 0 Å². The van der Waals surface area contributed by atoms with Crippen LogP contribution in [0.4, 0.5) is 5.95 Å². The first-order valence-electron chi connectivity index (χ1n) is 4.38. The van der Waals surface area contributed by atoms with Crippen LogP contribution in [-0.2, 0) is 9.47 Å². The fraction of sp³-hybridized carbons (Fsp3) is 0.625. The van der Waals surface area contributed by atoms with Crippen molar-refractivity contribution in [2.24, 2.45) is 0 Å². The highest BCUT2D eigenvalue weighted by atomic mass is 16.6. The number of hydrogen-bond acceptors (Lipinski definition) is 4. The zero-order chi connectivity index (χ0) is 8.93. The Labute approximate surface area is 76.5 Å². The minimum Gasteiger partial charge on any atom is -0.376 e. The van der Waals surface area contributed by atoms with Crippen molar-refractivity contribution in [3.8, 4) is 0 Å². The molecule has 0 aliphatic carbocycles. The molecule has 13 heavy (non-hydrogen) atoms. The molecule has 0 saturated carbocycles. The largest absolute Gasteiger partial charge is 0.376 e. The van der Waals surface area contributed by atoms with Gasteiger partial charge in [-0.25, -0.2) is 4.98 Å². The Bertz CT molecular complexity index is 232. The van der Waals surface area contributed by atoms with Gasteiger partial charge in [0.25, 0.3) is 0 Å². The maximum absolute atomic E-state index is 5.45. The van der Waals surface area contributed by atoms with Crippen LogP contribution in [-0.4, -0.2) is 42.4 Å². The predicted octanol–water partition coefficient (Wildman–Crippen LogP) is 0.237. The maximum atomic E-state index is 5.45. The number of rotatable bonds is 3. The monoisotopic (exact) mass is 183 g/mol. The number of anilines is 1. The summed E-state index contributed by atoms with van der Waals surface area (Å²) in [5.74, 6) is 0.772. The number of nitrogens with zero attached hydrogens (tertiary/aromatic N) is 1. The summed E-state index contributed by atoms with van der Waals surface area (Å²) in [7, 11) is 0. The molecule has 1 aromatic rings. The first kappa shape index (κ1) is 8.52. The lowest BCUT2D eigenvalue weighted by atomic mass is 10.3. The quantitative estimate of drug-likeness (QED) is 0.704. The van der Waals surface area contributed by atoms with Crippen molar-refractivity contribution >= 4 is 5.95 Å². The third kappa shape index (κ3) is 2.43. The van der Waals surface area contributed by atoms with Gasteiger partial charge < -0.3 is 19.8 Å². The van der Waals surface area contributed by atoms with E-state index in [1.807, 2.05) is 0 Å². The molecule has 0 radical (unpaired) electrons. The van der Waals surface area contributed by atoms with E-state index in [-0.39, 0.29) is 6.10 Å². The predicted molar refractivity (Wildman–Crippen MR) is 47.6 cm³/mol. The first-order chi connectivity index (χ1) is 6.45. The average molecular weight is 183 g/mol. The summed E-state index contributed by atoms with van der Waals surface area (Å²) in [5.41, 5.74) is 0. The maximum Gasteiger partial charge on any atom is 0.200 e. The van der Waals surface area contributed by atoms with Crippen molar-refractivity contribution in [2.45, 2.75) is 6.10 Å². The second kappa shape index (κ2) is 4.25. The van der Waals surface area contributed by atoms with Crippen LogP contribution in [0.25, 0.3) is 0 Å². The molecular formula is C8H13N3O2. The van der Waals surface area contributed by atoms with Crippen LogP contribution in [0.2, 0.25) is 0 Å². The molecule has 1 aliphatic rings. The van der Waals surface area contributed by atoms with E-state index in [2.05, 4.69) is 15.3 Å². The van der Waals surface area contributed by atoms with E-state index < -0.39 is 0 Å². The Kier molecular flexibility index (Phi) is 2.79. The molecule has 5 nitrogen and oxygen atoms in total. The molecular weight excluding hydrogens is 170 g/mol. The molecule has 2 rings (SSSR count). The van der Waals surface area contributed by atoms with Crippen molar-refractivity contribution in [2.75, 3.05) is 31.7 Å². The molecule has 5 heteroatoms. The highest BCUT2D eigenvalue weighted by molar-refractivity contribution is 5.22. The van der Waals surface area contributed by atoms with Crippen molar-refractivity contribution in [1.82, 2.24) is 9.97 Å². The number of ether oxygens (including phenoxy) is 2. The lowest BCUT2D eigenvalue weighted by Crippen LogP contribution is -2.34. The Hall–Kier alpha value is -1.07. The van der Waals surface area contributed by atoms with E-state index in [0.717, 1.165) is 12.5 Å².